The number of hydrogen-bond donors (Lipinski definition) is 3. The van der Waals surface area contributed by atoms with Gasteiger partial charge in [0.05, 0.1) is 28.6 Å². The number of fused-ring (bicyclic) bond motifs is 1. The molecule has 222 valence electrons. The van der Waals surface area contributed by atoms with Crippen molar-refractivity contribution in [2.75, 3.05) is 23.4 Å². The van der Waals surface area contributed by atoms with Gasteiger partial charge >= 0.3 is 6.18 Å². The van der Waals surface area contributed by atoms with E-state index >= 15 is 0 Å². The lowest BCUT2D eigenvalue weighted by atomic mass is 9.99. The SMILES string of the molecule is Cc1cccc(OCC(C)C)c1-n1nc2c(c1-c1ccc(NC(N)O)cc1)CN(c1ccc(Cl)c(C(F)(F)F)c1)CC2. The summed E-state index contributed by atoms with van der Waals surface area (Å²) in [6.07, 6.45) is -5.24. The minimum absolute atomic E-state index is 0.316. The van der Waals surface area contributed by atoms with E-state index in [4.69, 9.17) is 27.2 Å². The average Bonchev–Trinajstić information content (AvgIpc) is 3.29. The third-order valence-corrected chi connectivity index (χ3v) is 7.44. The highest BCUT2D eigenvalue weighted by atomic mass is 35.5. The number of nitrogens with zero attached hydrogens (tertiary/aromatic N) is 3. The maximum absolute atomic E-state index is 13.7. The molecule has 1 atom stereocenters. The van der Waals surface area contributed by atoms with E-state index in [2.05, 4.69) is 19.2 Å². The Morgan fingerprint density at radius 2 is 1.86 bits per heavy atom. The summed E-state index contributed by atoms with van der Waals surface area (Å²) in [6.45, 7) is 7.52. The zero-order valence-corrected chi connectivity index (χ0v) is 24.3. The molecule has 0 fully saturated rings. The Kier molecular flexibility index (Phi) is 8.41. The third kappa shape index (κ3) is 6.21. The smallest absolute Gasteiger partial charge is 0.417 e. The second-order valence-electron chi connectivity index (χ2n) is 10.8. The van der Waals surface area contributed by atoms with Crippen LogP contribution in [0.2, 0.25) is 5.02 Å². The molecule has 3 aromatic carbocycles. The van der Waals surface area contributed by atoms with Gasteiger partial charge < -0.3 is 20.1 Å². The number of aliphatic hydroxyl groups excluding tert-OH is 1. The largest absolute Gasteiger partial charge is 0.491 e. The molecule has 0 spiro atoms. The summed E-state index contributed by atoms with van der Waals surface area (Å²) in [4.78, 5) is 1.91. The van der Waals surface area contributed by atoms with Crippen molar-refractivity contribution < 1.29 is 23.0 Å². The summed E-state index contributed by atoms with van der Waals surface area (Å²) in [5.74, 6) is 1.01. The number of rotatable bonds is 8. The molecular weight excluding hydrogens is 567 g/mol. The molecule has 0 bridgehead atoms. The first-order chi connectivity index (χ1) is 19.9. The Hall–Kier alpha value is -3.73. The van der Waals surface area contributed by atoms with E-state index in [1.54, 1.807) is 18.2 Å². The molecular formula is C31H33ClF3N5O2. The fraction of sp³-hybridized carbons (Fsp3) is 0.323. The van der Waals surface area contributed by atoms with Gasteiger partial charge in [-0.3, -0.25) is 5.73 Å². The van der Waals surface area contributed by atoms with E-state index in [1.165, 1.54) is 6.07 Å². The van der Waals surface area contributed by atoms with Crippen LogP contribution < -0.4 is 20.7 Å². The van der Waals surface area contributed by atoms with Crippen LogP contribution in [0.15, 0.2) is 60.7 Å². The number of aryl methyl sites for hydroxylation is 1. The number of benzene rings is 3. The van der Waals surface area contributed by atoms with Gasteiger partial charge in [-0.1, -0.05) is 49.7 Å². The monoisotopic (exact) mass is 599 g/mol. The van der Waals surface area contributed by atoms with Gasteiger partial charge in [0.2, 0.25) is 0 Å². The predicted octanol–water partition coefficient (Wildman–Crippen LogP) is 6.76. The molecule has 0 amide bonds. The van der Waals surface area contributed by atoms with Crippen molar-refractivity contribution in [1.82, 2.24) is 9.78 Å². The zero-order chi connectivity index (χ0) is 30.2. The summed E-state index contributed by atoms with van der Waals surface area (Å²) in [5, 5.41) is 17.0. The number of aromatic nitrogens is 2. The van der Waals surface area contributed by atoms with Crippen LogP contribution in [-0.4, -0.2) is 34.4 Å². The number of ether oxygens (including phenoxy) is 1. The Labute approximate surface area is 247 Å². The number of nitrogens with two attached hydrogens (primary N) is 1. The summed E-state index contributed by atoms with van der Waals surface area (Å²) in [5.41, 5.74) is 10.9. The van der Waals surface area contributed by atoms with E-state index in [0.29, 0.717) is 49.2 Å². The highest BCUT2D eigenvalue weighted by molar-refractivity contribution is 6.31. The molecule has 42 heavy (non-hydrogen) atoms. The second-order valence-corrected chi connectivity index (χ2v) is 11.2. The van der Waals surface area contributed by atoms with Crippen molar-refractivity contribution in [3.63, 3.8) is 0 Å². The third-order valence-electron chi connectivity index (χ3n) is 7.11. The number of para-hydroxylation sites is 1. The molecule has 0 saturated heterocycles. The summed E-state index contributed by atoms with van der Waals surface area (Å²) < 4.78 is 49.1. The van der Waals surface area contributed by atoms with Crippen LogP contribution in [0.5, 0.6) is 5.75 Å². The van der Waals surface area contributed by atoms with Gasteiger partial charge in [0, 0.05) is 42.0 Å². The van der Waals surface area contributed by atoms with E-state index < -0.39 is 18.1 Å². The van der Waals surface area contributed by atoms with Crippen LogP contribution in [-0.2, 0) is 19.1 Å². The lowest BCUT2D eigenvalue weighted by Crippen LogP contribution is -2.30. The lowest BCUT2D eigenvalue weighted by molar-refractivity contribution is -0.137. The molecule has 0 aliphatic carbocycles. The topological polar surface area (TPSA) is 88.6 Å². The minimum Gasteiger partial charge on any atom is -0.491 e. The minimum atomic E-state index is -4.56. The maximum atomic E-state index is 13.7. The lowest BCUT2D eigenvalue weighted by Gasteiger charge is -2.30. The van der Waals surface area contributed by atoms with Crippen molar-refractivity contribution in [2.45, 2.75) is 46.3 Å². The van der Waals surface area contributed by atoms with Crippen LogP contribution in [0.25, 0.3) is 16.9 Å². The Balaban J connectivity index is 1.64. The molecule has 1 aliphatic heterocycles. The van der Waals surface area contributed by atoms with Gasteiger partial charge in [-0.05, 0) is 54.8 Å². The first-order valence-corrected chi connectivity index (χ1v) is 14.1. The molecule has 1 aliphatic rings. The quantitative estimate of drug-likeness (QED) is 0.194. The highest BCUT2D eigenvalue weighted by Crippen LogP contribution is 2.40. The van der Waals surface area contributed by atoms with E-state index in [-0.39, 0.29) is 5.02 Å². The molecule has 5 rings (SSSR count). The first-order valence-electron chi connectivity index (χ1n) is 13.7. The fourth-order valence-corrected chi connectivity index (χ4v) is 5.38. The molecule has 1 aromatic heterocycles. The number of halogens is 4. The fourth-order valence-electron chi connectivity index (χ4n) is 5.15. The van der Waals surface area contributed by atoms with E-state index in [1.807, 2.05) is 46.8 Å². The molecule has 0 saturated carbocycles. The number of aliphatic hydroxyl groups is 1. The molecule has 2 heterocycles. The summed E-state index contributed by atoms with van der Waals surface area (Å²) in [6, 6.07) is 17.3. The van der Waals surface area contributed by atoms with Gasteiger partial charge in [0.25, 0.3) is 0 Å². The van der Waals surface area contributed by atoms with Crippen molar-refractivity contribution in [3.05, 3.63) is 88.1 Å². The Morgan fingerprint density at radius 1 is 1.12 bits per heavy atom. The van der Waals surface area contributed by atoms with Crippen LogP contribution in [0.4, 0.5) is 24.5 Å². The van der Waals surface area contributed by atoms with Crippen LogP contribution in [0.3, 0.4) is 0 Å². The van der Waals surface area contributed by atoms with E-state index in [9.17, 15) is 18.3 Å². The van der Waals surface area contributed by atoms with Gasteiger partial charge in [-0.25, -0.2) is 4.68 Å². The van der Waals surface area contributed by atoms with Gasteiger partial charge in [0.1, 0.15) is 11.4 Å². The van der Waals surface area contributed by atoms with Crippen LogP contribution in [0, 0.1) is 12.8 Å². The summed E-state index contributed by atoms with van der Waals surface area (Å²) in [7, 11) is 0. The van der Waals surface area contributed by atoms with Gasteiger partial charge in [-0.15, -0.1) is 0 Å². The van der Waals surface area contributed by atoms with E-state index in [0.717, 1.165) is 39.8 Å². The standard InChI is InChI=1S/C31H33ClF3N5O2/c1-18(2)17-42-27-6-4-5-19(3)28(27)40-29(20-7-9-21(10-8-20)37-30(36)41)23-16-39(14-13-26(23)38-40)22-11-12-25(32)24(15-22)31(33,34)35/h4-12,15,18,30,37,41H,13-14,16-17,36H2,1-3H3. The normalized spacial score (nSPS) is 14.2. The molecule has 1 unspecified atom stereocenters. The highest BCUT2D eigenvalue weighted by Gasteiger charge is 2.35. The number of anilines is 2. The van der Waals surface area contributed by atoms with Crippen molar-refractivity contribution in [2.24, 2.45) is 11.7 Å². The molecule has 7 nitrogen and oxygen atoms in total. The van der Waals surface area contributed by atoms with Gasteiger partial charge in [-0.2, -0.15) is 18.3 Å². The Morgan fingerprint density at radius 3 is 2.52 bits per heavy atom. The predicted molar refractivity (Wildman–Crippen MR) is 159 cm³/mol. The number of hydrogen-bond acceptors (Lipinski definition) is 6. The maximum Gasteiger partial charge on any atom is 0.417 e. The van der Waals surface area contributed by atoms with Crippen LogP contribution >= 0.6 is 11.6 Å². The zero-order valence-electron chi connectivity index (χ0n) is 23.5. The first kappa shape index (κ1) is 29.8. The Bertz CT molecular complexity index is 1570. The number of alkyl halides is 3. The summed E-state index contributed by atoms with van der Waals surface area (Å²) >= 11 is 5.90. The van der Waals surface area contributed by atoms with Gasteiger partial charge in [0.15, 0.2) is 6.35 Å². The van der Waals surface area contributed by atoms with Crippen LogP contribution in [0.1, 0.15) is 36.2 Å². The second kappa shape index (κ2) is 11.9. The molecule has 0 radical (unpaired) electrons. The van der Waals surface area contributed by atoms with Crippen molar-refractivity contribution in [1.29, 1.82) is 0 Å². The average molecular weight is 600 g/mol. The molecule has 4 aromatic rings. The molecule has 11 heteroatoms. The molecule has 4 N–H and O–H groups in total. The number of nitrogens with one attached hydrogen (secondary N) is 1. The van der Waals surface area contributed by atoms with Crippen molar-refractivity contribution >= 4 is 23.0 Å². The van der Waals surface area contributed by atoms with Crippen molar-refractivity contribution in [3.8, 4) is 22.7 Å².